The molecule has 7 heteroatoms. The van der Waals surface area contributed by atoms with E-state index >= 15 is 0 Å². The van der Waals surface area contributed by atoms with E-state index in [1.165, 1.54) is 13.8 Å². The van der Waals surface area contributed by atoms with Gasteiger partial charge in [0.15, 0.2) is 17.5 Å². The molecule has 0 fully saturated rings. The molecule has 1 heterocycles. The summed E-state index contributed by atoms with van der Waals surface area (Å²) < 4.78 is 10.3. The molecule has 0 radical (unpaired) electrons. The molecular weight excluding hydrogens is 348 g/mol. The summed E-state index contributed by atoms with van der Waals surface area (Å²) in [4.78, 5) is 35.8. The minimum atomic E-state index is -1.00. The van der Waals surface area contributed by atoms with Crippen LogP contribution in [0.1, 0.15) is 29.9 Å². The van der Waals surface area contributed by atoms with Crippen LogP contribution >= 0.6 is 0 Å². The van der Waals surface area contributed by atoms with Gasteiger partial charge in [-0.05, 0) is 38.1 Å². The Morgan fingerprint density at radius 3 is 2.70 bits per heavy atom. The van der Waals surface area contributed by atoms with Crippen molar-refractivity contribution in [1.29, 1.82) is 0 Å². The number of carbonyl (C=O) groups is 3. The molecule has 0 saturated carbocycles. The quantitative estimate of drug-likeness (QED) is 0.531. The van der Waals surface area contributed by atoms with Crippen molar-refractivity contribution in [2.45, 2.75) is 26.4 Å². The van der Waals surface area contributed by atoms with Crippen molar-refractivity contribution >= 4 is 34.3 Å². The Balaban J connectivity index is 1.60. The van der Waals surface area contributed by atoms with Gasteiger partial charge in [-0.15, -0.1) is 0 Å². The molecule has 0 unspecified atom stereocenters. The molecule has 0 saturated heterocycles. The van der Waals surface area contributed by atoms with Gasteiger partial charge < -0.3 is 14.6 Å². The Morgan fingerprint density at radius 2 is 1.93 bits per heavy atom. The normalized spacial score (nSPS) is 11.8. The molecule has 0 bridgehead atoms. The highest BCUT2D eigenvalue weighted by Gasteiger charge is 2.20. The average molecular weight is 366 g/mol. The SMILES string of the molecule is CC(=O)c1cccc(NC(=O)[C@@H](C)OC(=O)Cc2noc3ccccc23)c1. The number of aromatic nitrogens is 1. The number of esters is 1. The van der Waals surface area contributed by atoms with Crippen LogP contribution in [0.3, 0.4) is 0 Å². The topological polar surface area (TPSA) is 98.5 Å². The number of nitrogens with zero attached hydrogens (tertiary/aromatic N) is 1. The number of para-hydroxylation sites is 1. The molecule has 0 aliphatic rings. The summed E-state index contributed by atoms with van der Waals surface area (Å²) in [5.41, 5.74) is 1.97. The lowest BCUT2D eigenvalue weighted by Gasteiger charge is -2.13. The maximum Gasteiger partial charge on any atom is 0.312 e. The second kappa shape index (κ2) is 7.82. The molecule has 3 rings (SSSR count). The first-order chi connectivity index (χ1) is 12.9. The number of hydrogen-bond donors (Lipinski definition) is 1. The molecule has 3 aromatic rings. The second-order valence-corrected chi connectivity index (χ2v) is 6.06. The molecule has 1 atom stereocenters. The van der Waals surface area contributed by atoms with E-state index < -0.39 is 18.0 Å². The Labute approximate surface area is 155 Å². The van der Waals surface area contributed by atoms with Crippen molar-refractivity contribution in [1.82, 2.24) is 5.16 Å². The lowest BCUT2D eigenvalue weighted by molar-refractivity contribution is -0.152. The summed E-state index contributed by atoms with van der Waals surface area (Å²) >= 11 is 0. The van der Waals surface area contributed by atoms with Gasteiger partial charge in [0.2, 0.25) is 0 Å². The Kier molecular flexibility index (Phi) is 5.30. The maximum absolute atomic E-state index is 12.2. The van der Waals surface area contributed by atoms with E-state index in [4.69, 9.17) is 9.26 Å². The van der Waals surface area contributed by atoms with Gasteiger partial charge in [-0.25, -0.2) is 0 Å². The molecule has 1 amide bonds. The molecule has 7 nitrogen and oxygen atoms in total. The van der Waals surface area contributed by atoms with E-state index in [0.29, 0.717) is 22.5 Å². The van der Waals surface area contributed by atoms with Gasteiger partial charge in [0.05, 0.1) is 6.42 Å². The van der Waals surface area contributed by atoms with Crippen LogP contribution < -0.4 is 5.32 Å². The maximum atomic E-state index is 12.2. The minimum absolute atomic E-state index is 0.103. The summed E-state index contributed by atoms with van der Waals surface area (Å²) in [6, 6.07) is 13.7. The highest BCUT2D eigenvalue weighted by Crippen LogP contribution is 2.18. The Morgan fingerprint density at radius 1 is 1.15 bits per heavy atom. The van der Waals surface area contributed by atoms with E-state index in [1.807, 2.05) is 12.1 Å². The van der Waals surface area contributed by atoms with Crippen molar-refractivity contribution in [2.75, 3.05) is 5.32 Å². The fourth-order valence-electron chi connectivity index (χ4n) is 2.55. The molecule has 1 N–H and O–H groups in total. The number of carbonyl (C=O) groups excluding carboxylic acids is 3. The van der Waals surface area contributed by atoms with Crippen LogP contribution in [0.15, 0.2) is 53.1 Å². The summed E-state index contributed by atoms with van der Waals surface area (Å²) in [7, 11) is 0. The van der Waals surface area contributed by atoms with Crippen LogP contribution in [0.5, 0.6) is 0 Å². The number of hydrogen-bond acceptors (Lipinski definition) is 6. The van der Waals surface area contributed by atoms with Crippen LogP contribution in [-0.2, 0) is 20.7 Å². The first-order valence-electron chi connectivity index (χ1n) is 8.38. The van der Waals surface area contributed by atoms with Gasteiger partial charge in [0.1, 0.15) is 5.69 Å². The lowest BCUT2D eigenvalue weighted by Crippen LogP contribution is -2.30. The van der Waals surface area contributed by atoms with E-state index in [1.54, 1.807) is 36.4 Å². The third kappa shape index (κ3) is 4.38. The number of nitrogens with one attached hydrogen (secondary N) is 1. The predicted molar refractivity (Wildman–Crippen MR) is 98.3 cm³/mol. The fraction of sp³-hybridized carbons (Fsp3) is 0.200. The zero-order valence-corrected chi connectivity index (χ0v) is 14.9. The summed E-state index contributed by atoms with van der Waals surface area (Å²) in [5.74, 6) is -1.19. The monoisotopic (exact) mass is 366 g/mol. The number of ketones is 1. The highest BCUT2D eigenvalue weighted by molar-refractivity contribution is 5.98. The average Bonchev–Trinajstić information content (AvgIpc) is 3.04. The van der Waals surface area contributed by atoms with Crippen molar-refractivity contribution in [3.05, 3.63) is 59.8 Å². The molecule has 0 aliphatic carbocycles. The number of rotatable bonds is 6. The molecule has 27 heavy (non-hydrogen) atoms. The van der Waals surface area contributed by atoms with Gasteiger partial charge in [-0.1, -0.05) is 29.4 Å². The number of fused-ring (bicyclic) bond motifs is 1. The van der Waals surface area contributed by atoms with Crippen LogP contribution in [-0.4, -0.2) is 28.9 Å². The summed E-state index contributed by atoms with van der Waals surface area (Å²) in [6.07, 6.45) is -1.11. The number of Topliss-reactive ketones (excluding diaryl/α,β-unsaturated/α-hetero) is 1. The number of benzene rings is 2. The highest BCUT2D eigenvalue weighted by atomic mass is 16.5. The third-order valence-electron chi connectivity index (χ3n) is 3.98. The van der Waals surface area contributed by atoms with E-state index in [-0.39, 0.29) is 12.2 Å². The van der Waals surface area contributed by atoms with Gasteiger partial charge in [-0.3, -0.25) is 14.4 Å². The predicted octanol–water partition coefficient (Wildman–Crippen LogP) is 3.14. The van der Waals surface area contributed by atoms with Crippen LogP contribution in [0.4, 0.5) is 5.69 Å². The van der Waals surface area contributed by atoms with Gasteiger partial charge >= 0.3 is 5.97 Å². The molecule has 0 aliphatic heterocycles. The first-order valence-corrected chi connectivity index (χ1v) is 8.38. The van der Waals surface area contributed by atoms with Gasteiger partial charge in [0.25, 0.3) is 5.91 Å². The van der Waals surface area contributed by atoms with E-state index in [0.717, 1.165) is 5.39 Å². The van der Waals surface area contributed by atoms with Crippen molar-refractivity contribution < 1.29 is 23.6 Å². The Bertz CT molecular complexity index is 1010. The number of ether oxygens (including phenoxy) is 1. The first kappa shape index (κ1) is 18.3. The molecule has 138 valence electrons. The van der Waals surface area contributed by atoms with E-state index in [9.17, 15) is 14.4 Å². The molecule has 1 aromatic heterocycles. The lowest BCUT2D eigenvalue weighted by atomic mass is 10.1. The van der Waals surface area contributed by atoms with Crippen LogP contribution in [0, 0.1) is 0 Å². The van der Waals surface area contributed by atoms with Crippen molar-refractivity contribution in [2.24, 2.45) is 0 Å². The van der Waals surface area contributed by atoms with Gasteiger partial charge in [-0.2, -0.15) is 0 Å². The van der Waals surface area contributed by atoms with Crippen LogP contribution in [0.25, 0.3) is 11.0 Å². The van der Waals surface area contributed by atoms with Crippen molar-refractivity contribution in [3.8, 4) is 0 Å². The fourth-order valence-corrected chi connectivity index (χ4v) is 2.55. The van der Waals surface area contributed by atoms with Crippen molar-refractivity contribution in [3.63, 3.8) is 0 Å². The standard InChI is InChI=1S/C20H18N2O5/c1-12(23)14-6-5-7-15(10-14)21-20(25)13(2)26-19(24)11-17-16-8-3-4-9-18(16)27-22-17/h3-10,13H,11H2,1-2H3,(H,21,25)/t13-/m1/s1. The zero-order chi connectivity index (χ0) is 19.4. The third-order valence-corrected chi connectivity index (χ3v) is 3.98. The number of amides is 1. The largest absolute Gasteiger partial charge is 0.452 e. The zero-order valence-electron chi connectivity index (χ0n) is 14.9. The van der Waals surface area contributed by atoms with Crippen LogP contribution in [0.2, 0.25) is 0 Å². The van der Waals surface area contributed by atoms with Gasteiger partial charge in [0, 0.05) is 16.6 Å². The molecular formula is C20H18N2O5. The Hall–Kier alpha value is -3.48. The minimum Gasteiger partial charge on any atom is -0.452 e. The summed E-state index contributed by atoms with van der Waals surface area (Å²) in [6.45, 7) is 2.92. The molecule has 0 spiro atoms. The smallest absolute Gasteiger partial charge is 0.312 e. The van der Waals surface area contributed by atoms with E-state index in [2.05, 4.69) is 10.5 Å². The summed E-state index contributed by atoms with van der Waals surface area (Å²) in [5, 5.41) is 7.23. The molecule has 2 aromatic carbocycles. The number of anilines is 1. The second-order valence-electron chi connectivity index (χ2n) is 6.06.